The summed E-state index contributed by atoms with van der Waals surface area (Å²) in [5, 5.41) is 2.58. The van der Waals surface area contributed by atoms with Crippen LogP contribution in [0.15, 0.2) is 41.3 Å². The fourth-order valence-electron chi connectivity index (χ4n) is 2.56. The van der Waals surface area contributed by atoms with E-state index < -0.39 is 29.6 Å². The number of methoxy groups -OCH3 is 1. The predicted octanol–water partition coefficient (Wildman–Crippen LogP) is 4.43. The van der Waals surface area contributed by atoms with Crippen LogP contribution in [-0.2, 0) is 22.5 Å². The number of carbonyl (C=O) groups excluding carboxylic acids is 2. The molecule has 9 heteroatoms. The first kappa shape index (κ1) is 22.7. The maximum absolute atomic E-state index is 14.2. The van der Waals surface area contributed by atoms with Crippen molar-refractivity contribution in [1.82, 2.24) is 5.32 Å². The van der Waals surface area contributed by atoms with Crippen LogP contribution >= 0.6 is 11.8 Å². The summed E-state index contributed by atoms with van der Waals surface area (Å²) in [5.41, 5.74) is 1.19. The lowest BCUT2D eigenvalue weighted by Crippen LogP contribution is -2.26. The molecule has 0 bridgehead atoms. The zero-order chi connectivity index (χ0) is 21.6. The summed E-state index contributed by atoms with van der Waals surface area (Å²) >= 11 is 0.547. The highest BCUT2D eigenvalue weighted by Gasteiger charge is 2.27. The number of nitrogens with one attached hydrogen (secondary N) is 1. The zero-order valence-electron chi connectivity index (χ0n) is 15.7. The number of alkyl halides is 3. The Bertz CT molecular complexity index is 900. The van der Waals surface area contributed by atoms with Gasteiger partial charge in [-0.15, -0.1) is 11.8 Å². The average Bonchev–Trinajstić information content (AvgIpc) is 2.66. The van der Waals surface area contributed by atoms with E-state index in [0.29, 0.717) is 28.5 Å². The molecule has 0 spiro atoms. The molecular formula is C20H19F4NO3S. The van der Waals surface area contributed by atoms with Crippen LogP contribution in [-0.4, -0.2) is 30.9 Å². The molecule has 0 aliphatic rings. The number of carbonyl (C=O) groups is 2. The Morgan fingerprint density at radius 1 is 1.14 bits per heavy atom. The minimum Gasteiger partial charge on any atom is -0.465 e. The van der Waals surface area contributed by atoms with Crippen molar-refractivity contribution in [2.75, 3.05) is 12.9 Å². The maximum atomic E-state index is 14.2. The third-order valence-electron chi connectivity index (χ3n) is 3.99. The summed E-state index contributed by atoms with van der Waals surface area (Å²) in [6.45, 7) is 1.53. The van der Waals surface area contributed by atoms with Crippen molar-refractivity contribution >= 4 is 23.6 Å². The number of thioether (sulfide) groups is 1. The normalized spacial score (nSPS) is 11.2. The molecule has 2 rings (SSSR count). The third-order valence-corrected chi connectivity index (χ3v) is 5.21. The summed E-state index contributed by atoms with van der Waals surface area (Å²) in [7, 11) is 1.24. The second kappa shape index (κ2) is 9.78. The van der Waals surface area contributed by atoms with Gasteiger partial charge in [-0.25, -0.2) is 9.18 Å². The minimum absolute atomic E-state index is 0.000900. The van der Waals surface area contributed by atoms with Crippen LogP contribution in [0.3, 0.4) is 0 Å². The number of halogens is 4. The van der Waals surface area contributed by atoms with Gasteiger partial charge in [0.2, 0.25) is 5.91 Å². The van der Waals surface area contributed by atoms with Crippen LogP contribution in [0.2, 0.25) is 0 Å². The standard InChI is InChI=1S/C20H19F4NO3S/c1-12-7-16(21)14(8-17(12)29-11-20(22,23)24)9-18(26)25-10-13-5-3-4-6-15(13)19(27)28-2/h3-8H,9-11H2,1-2H3,(H,25,26). The van der Waals surface area contributed by atoms with E-state index in [0.717, 1.165) is 6.07 Å². The number of amides is 1. The van der Waals surface area contributed by atoms with E-state index in [1.165, 1.54) is 20.1 Å². The fraction of sp³-hybridized carbons (Fsp3) is 0.300. The molecule has 0 atom stereocenters. The van der Waals surface area contributed by atoms with Crippen LogP contribution in [0, 0.1) is 12.7 Å². The third kappa shape index (κ3) is 6.77. The van der Waals surface area contributed by atoms with Crippen LogP contribution in [0.4, 0.5) is 17.6 Å². The number of esters is 1. The van der Waals surface area contributed by atoms with Gasteiger partial charge < -0.3 is 10.1 Å². The van der Waals surface area contributed by atoms with Crippen molar-refractivity contribution in [3.8, 4) is 0 Å². The Hall–Kier alpha value is -2.55. The lowest BCUT2D eigenvalue weighted by molar-refractivity contribution is -0.120. The molecule has 2 aromatic carbocycles. The molecule has 2 aromatic rings. The minimum atomic E-state index is -4.35. The van der Waals surface area contributed by atoms with E-state index in [1.54, 1.807) is 24.3 Å². The van der Waals surface area contributed by atoms with E-state index >= 15 is 0 Å². The maximum Gasteiger partial charge on any atom is 0.398 e. The van der Waals surface area contributed by atoms with Crippen molar-refractivity contribution in [2.24, 2.45) is 0 Å². The van der Waals surface area contributed by atoms with E-state index in [1.807, 2.05) is 0 Å². The molecule has 0 heterocycles. The van der Waals surface area contributed by atoms with Crippen LogP contribution in [0.1, 0.15) is 27.0 Å². The van der Waals surface area contributed by atoms with Crippen LogP contribution in [0.5, 0.6) is 0 Å². The number of aryl methyl sites for hydroxylation is 1. The highest BCUT2D eigenvalue weighted by atomic mass is 32.2. The second-order valence-electron chi connectivity index (χ2n) is 6.22. The number of benzene rings is 2. The van der Waals surface area contributed by atoms with E-state index in [4.69, 9.17) is 0 Å². The van der Waals surface area contributed by atoms with Crippen LogP contribution in [0.25, 0.3) is 0 Å². The van der Waals surface area contributed by atoms with Crippen LogP contribution < -0.4 is 5.32 Å². The molecule has 156 valence electrons. The molecule has 0 aliphatic heterocycles. The number of hydrogen-bond acceptors (Lipinski definition) is 4. The van der Waals surface area contributed by atoms with Gasteiger partial charge in [-0.1, -0.05) is 18.2 Å². The van der Waals surface area contributed by atoms with E-state index in [-0.39, 0.29) is 23.4 Å². The van der Waals surface area contributed by atoms with Gasteiger partial charge in [0.15, 0.2) is 0 Å². The van der Waals surface area contributed by atoms with E-state index in [2.05, 4.69) is 10.1 Å². The molecule has 0 saturated carbocycles. The van der Waals surface area contributed by atoms with Crippen molar-refractivity contribution in [3.05, 3.63) is 64.5 Å². The van der Waals surface area contributed by atoms with Gasteiger partial charge in [-0.3, -0.25) is 4.79 Å². The van der Waals surface area contributed by atoms with Gasteiger partial charge in [-0.05, 0) is 41.8 Å². The summed E-state index contributed by atoms with van der Waals surface area (Å²) in [5.74, 6) is -2.84. The van der Waals surface area contributed by atoms with Gasteiger partial charge in [-0.2, -0.15) is 13.2 Å². The smallest absolute Gasteiger partial charge is 0.398 e. The van der Waals surface area contributed by atoms with Gasteiger partial charge >= 0.3 is 12.1 Å². The van der Waals surface area contributed by atoms with Crippen molar-refractivity contribution in [1.29, 1.82) is 0 Å². The first-order chi connectivity index (χ1) is 13.6. The van der Waals surface area contributed by atoms with Gasteiger partial charge in [0, 0.05) is 11.4 Å². The average molecular weight is 429 g/mol. The van der Waals surface area contributed by atoms with Gasteiger partial charge in [0.1, 0.15) is 5.82 Å². The molecule has 0 aromatic heterocycles. The number of ether oxygens (including phenoxy) is 1. The molecule has 1 amide bonds. The molecule has 4 nitrogen and oxygen atoms in total. The molecule has 0 saturated heterocycles. The molecular weight excluding hydrogens is 410 g/mol. The Labute approximate surface area is 169 Å². The molecule has 1 N–H and O–H groups in total. The summed E-state index contributed by atoms with van der Waals surface area (Å²) < 4.78 is 56.2. The van der Waals surface area contributed by atoms with Crippen molar-refractivity contribution in [2.45, 2.75) is 31.0 Å². The second-order valence-corrected chi connectivity index (χ2v) is 7.23. The van der Waals surface area contributed by atoms with Gasteiger partial charge in [0.25, 0.3) is 0 Å². The SMILES string of the molecule is COC(=O)c1ccccc1CNC(=O)Cc1cc(SCC(F)(F)F)c(C)cc1F. The summed E-state index contributed by atoms with van der Waals surface area (Å²) in [6, 6.07) is 8.93. The lowest BCUT2D eigenvalue weighted by atomic mass is 10.1. The molecule has 29 heavy (non-hydrogen) atoms. The summed E-state index contributed by atoms with van der Waals surface area (Å²) in [4.78, 5) is 24.2. The highest BCUT2D eigenvalue weighted by Crippen LogP contribution is 2.31. The molecule has 0 radical (unpaired) electrons. The largest absolute Gasteiger partial charge is 0.465 e. The van der Waals surface area contributed by atoms with Crippen molar-refractivity contribution < 1.29 is 31.9 Å². The number of hydrogen-bond donors (Lipinski definition) is 1. The van der Waals surface area contributed by atoms with Gasteiger partial charge in [0.05, 0.1) is 24.8 Å². The molecule has 0 fully saturated rings. The topological polar surface area (TPSA) is 55.4 Å². The monoisotopic (exact) mass is 429 g/mol. The predicted molar refractivity (Wildman–Crippen MR) is 101 cm³/mol. The highest BCUT2D eigenvalue weighted by molar-refractivity contribution is 7.99. The fourth-order valence-corrected chi connectivity index (χ4v) is 3.39. The quantitative estimate of drug-likeness (QED) is 0.402. The molecule has 0 aliphatic carbocycles. The summed E-state index contributed by atoms with van der Waals surface area (Å²) in [6.07, 6.45) is -4.69. The number of rotatable bonds is 7. The van der Waals surface area contributed by atoms with E-state index in [9.17, 15) is 27.2 Å². The Kier molecular flexibility index (Phi) is 7.66. The Morgan fingerprint density at radius 2 is 1.83 bits per heavy atom. The zero-order valence-corrected chi connectivity index (χ0v) is 16.5. The van der Waals surface area contributed by atoms with Crippen molar-refractivity contribution in [3.63, 3.8) is 0 Å². The lowest BCUT2D eigenvalue weighted by Gasteiger charge is -2.12. The first-order valence-corrected chi connectivity index (χ1v) is 9.50. The Morgan fingerprint density at radius 3 is 2.48 bits per heavy atom. The first-order valence-electron chi connectivity index (χ1n) is 8.52. The molecule has 0 unspecified atom stereocenters. The Balaban J connectivity index is 2.07.